The molecule has 2 rings (SSSR count). The van der Waals surface area contributed by atoms with Crippen LogP contribution in [0.3, 0.4) is 0 Å². The summed E-state index contributed by atoms with van der Waals surface area (Å²) in [6.45, 7) is 0. The molecule has 1 heterocycles. The molecule has 0 unspecified atom stereocenters. The quantitative estimate of drug-likeness (QED) is 0.748. The van der Waals surface area contributed by atoms with Crippen LogP contribution in [-0.2, 0) is 0 Å². The smallest absolute Gasteiger partial charge is 0.254 e. The van der Waals surface area contributed by atoms with Crippen molar-refractivity contribution in [3.63, 3.8) is 0 Å². The molecule has 0 saturated carbocycles. The van der Waals surface area contributed by atoms with Crippen LogP contribution in [0.15, 0.2) is 30.6 Å². The summed E-state index contributed by atoms with van der Waals surface area (Å²) >= 11 is 0. The standard InChI is InChI=1S/C11H11FN2O/c12-10-7-13-6-5-9(10)11(15)14-8-3-1-2-4-8/h1-2,5-8H,3-4H2,(H,14,15). The molecule has 0 spiro atoms. The number of aromatic nitrogens is 1. The second kappa shape index (κ2) is 4.21. The Hall–Kier alpha value is -1.71. The van der Waals surface area contributed by atoms with Gasteiger partial charge in [-0.2, -0.15) is 0 Å². The van der Waals surface area contributed by atoms with E-state index in [-0.39, 0.29) is 17.5 Å². The predicted molar refractivity (Wildman–Crippen MR) is 53.8 cm³/mol. The van der Waals surface area contributed by atoms with Gasteiger partial charge in [-0.15, -0.1) is 0 Å². The van der Waals surface area contributed by atoms with Crippen molar-refractivity contribution < 1.29 is 9.18 Å². The van der Waals surface area contributed by atoms with Crippen LogP contribution in [0.25, 0.3) is 0 Å². The van der Waals surface area contributed by atoms with Gasteiger partial charge >= 0.3 is 0 Å². The van der Waals surface area contributed by atoms with E-state index in [0.29, 0.717) is 0 Å². The third-order valence-electron chi connectivity index (χ3n) is 2.36. The molecule has 0 atom stereocenters. The van der Waals surface area contributed by atoms with Gasteiger partial charge in [0.1, 0.15) is 0 Å². The Balaban J connectivity index is 2.05. The van der Waals surface area contributed by atoms with Gasteiger partial charge < -0.3 is 5.32 Å². The lowest BCUT2D eigenvalue weighted by molar-refractivity contribution is 0.0934. The van der Waals surface area contributed by atoms with Crippen LogP contribution in [0.2, 0.25) is 0 Å². The Bertz CT molecular complexity index is 395. The summed E-state index contributed by atoms with van der Waals surface area (Å²) < 4.78 is 13.2. The molecule has 1 aromatic heterocycles. The molecule has 0 aromatic carbocycles. The molecule has 15 heavy (non-hydrogen) atoms. The zero-order valence-corrected chi connectivity index (χ0v) is 8.11. The van der Waals surface area contributed by atoms with Crippen molar-refractivity contribution in [3.05, 3.63) is 42.0 Å². The highest BCUT2D eigenvalue weighted by Crippen LogP contribution is 2.11. The van der Waals surface area contributed by atoms with Crippen LogP contribution in [0.1, 0.15) is 23.2 Å². The van der Waals surface area contributed by atoms with Crippen LogP contribution >= 0.6 is 0 Å². The summed E-state index contributed by atoms with van der Waals surface area (Å²) in [4.78, 5) is 15.2. The van der Waals surface area contributed by atoms with Crippen molar-refractivity contribution in [1.82, 2.24) is 10.3 Å². The van der Waals surface area contributed by atoms with Crippen LogP contribution < -0.4 is 5.32 Å². The monoisotopic (exact) mass is 206 g/mol. The Labute approximate surface area is 87.0 Å². The Kier molecular flexibility index (Phi) is 2.76. The van der Waals surface area contributed by atoms with Crippen LogP contribution in [0, 0.1) is 5.82 Å². The molecule has 0 fully saturated rings. The summed E-state index contributed by atoms with van der Waals surface area (Å²) in [7, 11) is 0. The van der Waals surface area contributed by atoms with Gasteiger partial charge in [-0.25, -0.2) is 4.39 Å². The van der Waals surface area contributed by atoms with Crippen molar-refractivity contribution in [2.75, 3.05) is 0 Å². The highest BCUT2D eigenvalue weighted by molar-refractivity contribution is 5.94. The lowest BCUT2D eigenvalue weighted by atomic mass is 10.2. The van der Waals surface area contributed by atoms with Gasteiger partial charge in [-0.05, 0) is 18.9 Å². The maximum Gasteiger partial charge on any atom is 0.254 e. The topological polar surface area (TPSA) is 42.0 Å². The molecule has 1 aliphatic carbocycles. The summed E-state index contributed by atoms with van der Waals surface area (Å²) in [6, 6.07) is 1.48. The first-order valence-corrected chi connectivity index (χ1v) is 4.83. The minimum absolute atomic E-state index is 0.0527. The number of hydrogen-bond donors (Lipinski definition) is 1. The van der Waals surface area contributed by atoms with Gasteiger partial charge in [-0.1, -0.05) is 12.2 Å². The van der Waals surface area contributed by atoms with Gasteiger partial charge in [0.05, 0.1) is 11.8 Å². The Morgan fingerprint density at radius 2 is 2.20 bits per heavy atom. The first-order valence-electron chi connectivity index (χ1n) is 4.83. The van der Waals surface area contributed by atoms with Crippen molar-refractivity contribution >= 4 is 5.91 Å². The summed E-state index contributed by atoms with van der Waals surface area (Å²) in [5.41, 5.74) is 0.0527. The number of hydrogen-bond acceptors (Lipinski definition) is 2. The van der Waals surface area contributed by atoms with Crippen LogP contribution in [-0.4, -0.2) is 16.9 Å². The van der Waals surface area contributed by atoms with Crippen LogP contribution in [0.4, 0.5) is 4.39 Å². The highest BCUT2D eigenvalue weighted by atomic mass is 19.1. The van der Waals surface area contributed by atoms with E-state index in [1.54, 1.807) is 0 Å². The first kappa shape index (κ1) is 9.83. The van der Waals surface area contributed by atoms with Crippen molar-refractivity contribution in [2.24, 2.45) is 0 Å². The van der Waals surface area contributed by atoms with Gasteiger partial charge in [0.25, 0.3) is 5.91 Å². The average molecular weight is 206 g/mol. The highest BCUT2D eigenvalue weighted by Gasteiger charge is 2.16. The summed E-state index contributed by atoms with van der Waals surface area (Å²) in [5.74, 6) is -0.954. The fourth-order valence-corrected chi connectivity index (χ4v) is 1.56. The summed E-state index contributed by atoms with van der Waals surface area (Å²) in [6.07, 6.45) is 8.10. The Morgan fingerprint density at radius 3 is 2.87 bits per heavy atom. The maximum atomic E-state index is 13.2. The number of amides is 1. The number of nitrogens with one attached hydrogen (secondary N) is 1. The van der Waals surface area contributed by atoms with Crippen molar-refractivity contribution in [3.8, 4) is 0 Å². The largest absolute Gasteiger partial charge is 0.349 e. The average Bonchev–Trinajstić information content (AvgIpc) is 2.71. The molecule has 3 nitrogen and oxygen atoms in total. The third-order valence-corrected chi connectivity index (χ3v) is 2.36. The number of nitrogens with zero attached hydrogens (tertiary/aromatic N) is 1. The van der Waals surface area contributed by atoms with Gasteiger partial charge in [0.2, 0.25) is 0 Å². The fourth-order valence-electron chi connectivity index (χ4n) is 1.56. The molecule has 0 bridgehead atoms. The van der Waals surface area contributed by atoms with E-state index in [1.165, 1.54) is 12.3 Å². The van der Waals surface area contributed by atoms with E-state index < -0.39 is 5.82 Å². The zero-order chi connectivity index (χ0) is 10.7. The lowest BCUT2D eigenvalue weighted by Crippen LogP contribution is -2.33. The third kappa shape index (κ3) is 2.21. The van der Waals surface area contributed by atoms with Crippen molar-refractivity contribution in [2.45, 2.75) is 18.9 Å². The molecule has 1 amide bonds. The molecule has 1 aromatic rings. The molecule has 1 aliphatic rings. The second-order valence-corrected chi connectivity index (χ2v) is 3.47. The molecule has 1 N–H and O–H groups in total. The number of halogens is 1. The molecular weight excluding hydrogens is 195 g/mol. The SMILES string of the molecule is O=C(NC1CC=CC1)c1ccncc1F. The van der Waals surface area contributed by atoms with Gasteiger partial charge in [0.15, 0.2) is 5.82 Å². The number of pyridine rings is 1. The molecular formula is C11H11FN2O. The van der Waals surface area contributed by atoms with Gasteiger partial charge in [-0.3, -0.25) is 9.78 Å². The molecule has 0 radical (unpaired) electrons. The van der Waals surface area contributed by atoms with E-state index in [0.717, 1.165) is 19.0 Å². The Morgan fingerprint density at radius 1 is 1.47 bits per heavy atom. The zero-order valence-electron chi connectivity index (χ0n) is 8.11. The predicted octanol–water partition coefficient (Wildman–Crippen LogP) is 1.67. The molecule has 78 valence electrons. The number of rotatable bonds is 2. The number of carbonyl (C=O) groups is 1. The van der Waals surface area contributed by atoms with Crippen LogP contribution in [0.5, 0.6) is 0 Å². The van der Waals surface area contributed by atoms with Crippen molar-refractivity contribution in [1.29, 1.82) is 0 Å². The molecule has 4 heteroatoms. The second-order valence-electron chi connectivity index (χ2n) is 3.47. The van der Waals surface area contributed by atoms with E-state index >= 15 is 0 Å². The minimum Gasteiger partial charge on any atom is -0.349 e. The van der Waals surface area contributed by atoms with Gasteiger partial charge in [0, 0.05) is 12.2 Å². The molecule has 0 aliphatic heterocycles. The molecule has 0 saturated heterocycles. The lowest BCUT2D eigenvalue weighted by Gasteiger charge is -2.11. The minimum atomic E-state index is -0.582. The normalized spacial score (nSPS) is 15.5. The summed E-state index contributed by atoms with van der Waals surface area (Å²) in [5, 5.41) is 2.77. The van der Waals surface area contributed by atoms with E-state index in [2.05, 4.69) is 10.3 Å². The van der Waals surface area contributed by atoms with E-state index in [1.807, 2.05) is 12.2 Å². The fraction of sp³-hybridized carbons (Fsp3) is 0.273. The van der Waals surface area contributed by atoms with E-state index in [9.17, 15) is 9.18 Å². The first-order chi connectivity index (χ1) is 7.27. The number of carbonyl (C=O) groups excluding carboxylic acids is 1. The maximum absolute atomic E-state index is 13.2. The van der Waals surface area contributed by atoms with E-state index in [4.69, 9.17) is 0 Å².